The highest BCUT2D eigenvalue weighted by Gasteiger charge is 2.21. The lowest BCUT2D eigenvalue weighted by atomic mass is 9.92. The number of carbonyl (C=O) groups is 1. The van der Waals surface area contributed by atoms with E-state index in [-0.39, 0.29) is 5.91 Å². The Morgan fingerprint density at radius 1 is 1.11 bits per heavy atom. The summed E-state index contributed by atoms with van der Waals surface area (Å²) in [5.41, 5.74) is 5.96. The topological polar surface area (TPSA) is 38.3 Å². The van der Waals surface area contributed by atoms with Crippen molar-refractivity contribution in [3.8, 4) is 5.75 Å². The van der Waals surface area contributed by atoms with Crippen molar-refractivity contribution in [2.75, 3.05) is 5.32 Å². The van der Waals surface area contributed by atoms with Crippen LogP contribution in [-0.2, 0) is 17.6 Å². The van der Waals surface area contributed by atoms with E-state index in [4.69, 9.17) is 4.74 Å². The lowest BCUT2D eigenvalue weighted by Gasteiger charge is -2.22. The Morgan fingerprint density at radius 3 is 2.56 bits per heavy atom. The molecule has 1 N–H and O–H groups in total. The molecule has 2 aromatic rings. The minimum atomic E-state index is -0.494. The smallest absolute Gasteiger partial charge is 0.265 e. The summed E-state index contributed by atoms with van der Waals surface area (Å²) in [6.07, 6.45) is 4.90. The predicted molar refractivity (Wildman–Crippen MR) is 112 cm³/mol. The number of rotatable bonds is 6. The lowest BCUT2D eigenvalue weighted by Crippen LogP contribution is -2.33. The minimum absolute atomic E-state index is 0.0774. The maximum absolute atomic E-state index is 12.9. The van der Waals surface area contributed by atoms with E-state index in [1.165, 1.54) is 24.0 Å². The Morgan fingerprint density at radius 2 is 1.85 bits per heavy atom. The summed E-state index contributed by atoms with van der Waals surface area (Å²) >= 11 is 0. The lowest BCUT2D eigenvalue weighted by molar-refractivity contribution is -0.122. The van der Waals surface area contributed by atoms with Crippen LogP contribution in [0.1, 0.15) is 68.2 Å². The van der Waals surface area contributed by atoms with Gasteiger partial charge < -0.3 is 10.1 Å². The van der Waals surface area contributed by atoms with Crippen molar-refractivity contribution in [1.82, 2.24) is 0 Å². The number of carbonyl (C=O) groups excluding carboxylic acids is 1. The second kappa shape index (κ2) is 8.60. The number of nitrogens with one attached hydrogen (secondary N) is 1. The van der Waals surface area contributed by atoms with E-state index < -0.39 is 6.10 Å². The summed E-state index contributed by atoms with van der Waals surface area (Å²) in [6, 6.07) is 12.4. The number of hydrogen-bond acceptors (Lipinski definition) is 2. The monoisotopic (exact) mass is 365 g/mol. The van der Waals surface area contributed by atoms with Gasteiger partial charge in [-0.3, -0.25) is 4.79 Å². The molecular weight excluding hydrogens is 334 g/mol. The van der Waals surface area contributed by atoms with E-state index in [0.29, 0.717) is 12.3 Å². The molecule has 1 amide bonds. The number of fused-ring (bicyclic) bond motifs is 1. The van der Waals surface area contributed by atoms with Gasteiger partial charge >= 0.3 is 0 Å². The van der Waals surface area contributed by atoms with Crippen molar-refractivity contribution in [1.29, 1.82) is 0 Å². The molecule has 27 heavy (non-hydrogen) atoms. The quantitative estimate of drug-likeness (QED) is 0.703. The van der Waals surface area contributed by atoms with Gasteiger partial charge in [0.15, 0.2) is 6.10 Å². The summed E-state index contributed by atoms with van der Waals surface area (Å²) in [7, 11) is 0. The zero-order chi connectivity index (χ0) is 19.4. The fraction of sp³-hybridized carbons (Fsp3) is 0.458. The standard InChI is InChI=1S/C24H31NO2/c1-5-22(27-20-14-13-18-10-6-7-11-19(18)15-20)24(26)25-23-17(4)9-8-12-21(23)16(2)3/h8-9,12-16,22H,5-7,10-11H2,1-4H3,(H,25,26)/t22-/m1/s1. The van der Waals surface area contributed by atoms with E-state index in [9.17, 15) is 4.79 Å². The third-order valence-electron chi connectivity index (χ3n) is 5.44. The number of benzene rings is 2. The van der Waals surface area contributed by atoms with Crippen molar-refractivity contribution in [2.45, 2.75) is 71.8 Å². The predicted octanol–water partition coefficient (Wildman–Crippen LogP) is 5.79. The molecule has 0 aliphatic heterocycles. The highest BCUT2D eigenvalue weighted by Crippen LogP contribution is 2.29. The first-order valence-corrected chi connectivity index (χ1v) is 10.2. The first kappa shape index (κ1) is 19.5. The van der Waals surface area contributed by atoms with Crippen LogP contribution in [0.2, 0.25) is 0 Å². The van der Waals surface area contributed by atoms with Crippen molar-refractivity contribution < 1.29 is 9.53 Å². The number of hydrogen-bond donors (Lipinski definition) is 1. The van der Waals surface area contributed by atoms with Gasteiger partial charge in [-0.25, -0.2) is 0 Å². The van der Waals surface area contributed by atoms with E-state index in [1.807, 2.05) is 32.0 Å². The molecule has 1 aliphatic rings. The molecule has 3 nitrogen and oxygen atoms in total. The third-order valence-corrected chi connectivity index (χ3v) is 5.44. The summed E-state index contributed by atoms with van der Waals surface area (Å²) in [5, 5.41) is 3.13. The van der Waals surface area contributed by atoms with Crippen LogP contribution in [-0.4, -0.2) is 12.0 Å². The number of ether oxygens (including phenoxy) is 1. The molecule has 0 unspecified atom stereocenters. The van der Waals surface area contributed by atoms with Crippen LogP contribution in [0.4, 0.5) is 5.69 Å². The molecular formula is C24H31NO2. The molecule has 0 aromatic heterocycles. The molecule has 3 heteroatoms. The van der Waals surface area contributed by atoms with Crippen molar-refractivity contribution in [3.63, 3.8) is 0 Å². The fourth-order valence-electron chi connectivity index (χ4n) is 3.82. The van der Waals surface area contributed by atoms with Gasteiger partial charge in [0.05, 0.1) is 0 Å². The van der Waals surface area contributed by atoms with Crippen LogP contribution in [0.25, 0.3) is 0 Å². The molecule has 1 aliphatic carbocycles. The van der Waals surface area contributed by atoms with E-state index in [0.717, 1.165) is 35.4 Å². The zero-order valence-corrected chi connectivity index (χ0v) is 17.0. The Bertz CT molecular complexity index is 810. The zero-order valence-electron chi connectivity index (χ0n) is 17.0. The Labute approximate surface area is 163 Å². The summed E-state index contributed by atoms with van der Waals surface area (Å²) in [4.78, 5) is 12.9. The van der Waals surface area contributed by atoms with Gasteiger partial charge in [-0.1, -0.05) is 45.0 Å². The first-order chi connectivity index (χ1) is 13.0. The number of anilines is 1. The van der Waals surface area contributed by atoms with Gasteiger partial charge in [-0.2, -0.15) is 0 Å². The van der Waals surface area contributed by atoms with E-state index >= 15 is 0 Å². The summed E-state index contributed by atoms with van der Waals surface area (Å²) in [5.74, 6) is 1.07. The number of aryl methyl sites for hydroxylation is 3. The van der Waals surface area contributed by atoms with Gasteiger partial charge in [0.25, 0.3) is 5.91 Å². The Kier molecular flexibility index (Phi) is 6.20. The highest BCUT2D eigenvalue weighted by atomic mass is 16.5. The van der Waals surface area contributed by atoms with Crippen LogP contribution in [0.15, 0.2) is 36.4 Å². The van der Waals surface area contributed by atoms with Crippen LogP contribution >= 0.6 is 0 Å². The fourth-order valence-corrected chi connectivity index (χ4v) is 3.82. The Balaban J connectivity index is 1.76. The second-order valence-corrected chi connectivity index (χ2v) is 7.84. The van der Waals surface area contributed by atoms with Crippen LogP contribution in [0, 0.1) is 6.92 Å². The molecule has 0 saturated carbocycles. The van der Waals surface area contributed by atoms with Crippen LogP contribution < -0.4 is 10.1 Å². The molecule has 0 fully saturated rings. The SMILES string of the molecule is CC[C@@H](Oc1ccc2c(c1)CCCC2)C(=O)Nc1c(C)cccc1C(C)C. The molecule has 0 radical (unpaired) electrons. The first-order valence-electron chi connectivity index (χ1n) is 10.2. The Hall–Kier alpha value is -2.29. The van der Waals surface area contributed by atoms with Gasteiger partial charge in [-0.15, -0.1) is 0 Å². The molecule has 3 rings (SSSR count). The number of amides is 1. The maximum Gasteiger partial charge on any atom is 0.265 e. The summed E-state index contributed by atoms with van der Waals surface area (Å²) in [6.45, 7) is 8.31. The normalized spacial score (nSPS) is 14.6. The second-order valence-electron chi connectivity index (χ2n) is 7.84. The van der Waals surface area contributed by atoms with Gasteiger partial charge in [-0.05, 0) is 79.3 Å². The molecule has 0 spiro atoms. The molecule has 2 aromatic carbocycles. The van der Waals surface area contributed by atoms with Crippen LogP contribution in [0.3, 0.4) is 0 Å². The molecule has 1 atom stereocenters. The molecule has 144 valence electrons. The third kappa shape index (κ3) is 4.52. The summed E-state index contributed by atoms with van der Waals surface area (Å²) < 4.78 is 6.09. The largest absolute Gasteiger partial charge is 0.481 e. The number of para-hydroxylation sites is 1. The van der Waals surface area contributed by atoms with E-state index in [1.54, 1.807) is 0 Å². The molecule has 0 saturated heterocycles. The van der Waals surface area contributed by atoms with Gasteiger partial charge in [0, 0.05) is 5.69 Å². The highest BCUT2D eigenvalue weighted by molar-refractivity contribution is 5.95. The van der Waals surface area contributed by atoms with E-state index in [2.05, 4.69) is 37.4 Å². The molecule has 0 bridgehead atoms. The minimum Gasteiger partial charge on any atom is -0.481 e. The van der Waals surface area contributed by atoms with Crippen molar-refractivity contribution in [2.24, 2.45) is 0 Å². The van der Waals surface area contributed by atoms with Gasteiger partial charge in [0.1, 0.15) is 5.75 Å². The van der Waals surface area contributed by atoms with Gasteiger partial charge in [0.2, 0.25) is 0 Å². The van der Waals surface area contributed by atoms with Crippen molar-refractivity contribution >= 4 is 11.6 Å². The van der Waals surface area contributed by atoms with Crippen LogP contribution in [0.5, 0.6) is 5.75 Å². The average Bonchev–Trinajstić information content (AvgIpc) is 2.67. The maximum atomic E-state index is 12.9. The average molecular weight is 366 g/mol. The van der Waals surface area contributed by atoms with Crippen molar-refractivity contribution in [3.05, 3.63) is 58.7 Å². The molecule has 0 heterocycles.